The number of carbonyl (C=O) groups is 2. The van der Waals surface area contributed by atoms with E-state index in [0.717, 1.165) is 15.8 Å². The lowest BCUT2D eigenvalue weighted by Gasteiger charge is -2.19. The Kier molecular flexibility index (Phi) is 6.79. The van der Waals surface area contributed by atoms with Crippen molar-refractivity contribution in [1.82, 2.24) is 15.1 Å². The summed E-state index contributed by atoms with van der Waals surface area (Å²) < 4.78 is 1.13. The Bertz CT molecular complexity index is 956. The molecule has 0 radical (unpaired) electrons. The summed E-state index contributed by atoms with van der Waals surface area (Å²) in [5, 5.41) is 25.5. The van der Waals surface area contributed by atoms with E-state index in [2.05, 4.69) is 31.2 Å². The van der Waals surface area contributed by atoms with Crippen LogP contribution in [0.5, 0.6) is 5.75 Å². The zero-order valence-corrected chi connectivity index (χ0v) is 17.2. The van der Waals surface area contributed by atoms with Crippen LogP contribution in [0.3, 0.4) is 0 Å². The Hall–Kier alpha value is -3.16. The lowest BCUT2D eigenvalue weighted by atomic mass is 9.87. The quantitative estimate of drug-likeness (QED) is 0.653. The van der Waals surface area contributed by atoms with Gasteiger partial charge in [0.2, 0.25) is 0 Å². The molecule has 0 spiro atoms. The zero-order valence-electron chi connectivity index (χ0n) is 17.2. The van der Waals surface area contributed by atoms with Crippen molar-refractivity contribution >= 4 is 11.9 Å². The van der Waals surface area contributed by atoms with Gasteiger partial charge in [-0.2, -0.15) is 5.10 Å². The van der Waals surface area contributed by atoms with E-state index in [9.17, 15) is 19.5 Å². The second-order valence-electron chi connectivity index (χ2n) is 7.91. The fraction of sp³-hybridized carbons (Fsp3) is 0.429. The Balaban J connectivity index is 2.44. The largest absolute Gasteiger partial charge is 0.505 e. The lowest BCUT2D eigenvalue weighted by Crippen LogP contribution is -2.37. The maximum atomic E-state index is 12.8. The number of rotatable bonds is 7. The van der Waals surface area contributed by atoms with Gasteiger partial charge in [0, 0.05) is 0 Å². The fourth-order valence-electron chi connectivity index (χ4n) is 2.86. The van der Waals surface area contributed by atoms with Gasteiger partial charge < -0.3 is 15.5 Å². The molecule has 0 fully saturated rings. The van der Waals surface area contributed by atoms with E-state index in [4.69, 9.17) is 5.11 Å². The number of carbonyl (C=O) groups excluding carboxylic acids is 1. The van der Waals surface area contributed by atoms with E-state index in [0.29, 0.717) is 12.8 Å². The molecule has 1 heterocycles. The summed E-state index contributed by atoms with van der Waals surface area (Å²) in [5.41, 5.74) is 0.917. The minimum Gasteiger partial charge on any atom is -0.505 e. The van der Waals surface area contributed by atoms with Gasteiger partial charge in [0.25, 0.3) is 11.5 Å². The van der Waals surface area contributed by atoms with E-state index >= 15 is 0 Å². The Morgan fingerprint density at radius 2 is 1.79 bits per heavy atom. The molecular formula is C21H27N3O5. The second-order valence-corrected chi connectivity index (χ2v) is 7.91. The van der Waals surface area contributed by atoms with E-state index in [1.165, 1.54) is 0 Å². The number of aryl methyl sites for hydroxylation is 1. The molecule has 0 saturated heterocycles. The maximum Gasteiger partial charge on any atom is 0.322 e. The summed E-state index contributed by atoms with van der Waals surface area (Å²) in [7, 11) is 0. The van der Waals surface area contributed by atoms with Gasteiger partial charge in [-0.25, -0.2) is 4.68 Å². The number of hydrogen-bond donors (Lipinski definition) is 3. The Labute approximate surface area is 169 Å². The predicted molar refractivity (Wildman–Crippen MR) is 108 cm³/mol. The standard InChI is InChI=1S/C21H27N3O5/c1-5-6-15-18(27)17(19(28)22-11-16(25)26)20(29)24(23-15)12-13-7-9-14(10-8-13)21(2,3)4/h7-10,27H,5-6,11-12H2,1-4H3,(H,22,28)(H,25,26). The molecular weight excluding hydrogens is 374 g/mol. The molecule has 2 rings (SSSR count). The molecule has 0 saturated carbocycles. The van der Waals surface area contributed by atoms with Gasteiger partial charge in [-0.15, -0.1) is 0 Å². The van der Waals surface area contributed by atoms with Gasteiger partial charge >= 0.3 is 5.97 Å². The molecule has 0 aliphatic carbocycles. The van der Waals surface area contributed by atoms with Crippen LogP contribution in [0.4, 0.5) is 0 Å². The molecule has 0 bridgehead atoms. The Morgan fingerprint density at radius 1 is 1.17 bits per heavy atom. The number of carboxylic acid groups (broad SMARTS) is 1. The number of hydrogen-bond acceptors (Lipinski definition) is 5. The molecule has 0 aliphatic heterocycles. The lowest BCUT2D eigenvalue weighted by molar-refractivity contribution is -0.135. The van der Waals surface area contributed by atoms with Gasteiger partial charge in [-0.05, 0) is 23.0 Å². The first-order valence-electron chi connectivity index (χ1n) is 9.47. The minimum atomic E-state index is -1.25. The minimum absolute atomic E-state index is 0.00412. The topological polar surface area (TPSA) is 122 Å². The summed E-state index contributed by atoms with van der Waals surface area (Å²) in [6, 6.07) is 7.75. The van der Waals surface area contributed by atoms with Gasteiger partial charge in [-0.1, -0.05) is 58.4 Å². The molecule has 1 amide bonds. The van der Waals surface area contributed by atoms with Crippen LogP contribution in [0.1, 0.15) is 61.3 Å². The molecule has 0 atom stereocenters. The second kappa shape index (κ2) is 8.89. The number of benzene rings is 1. The third kappa shape index (κ3) is 5.43. The average molecular weight is 401 g/mol. The first-order chi connectivity index (χ1) is 13.5. The molecule has 8 heteroatoms. The smallest absolute Gasteiger partial charge is 0.322 e. The number of nitrogens with one attached hydrogen (secondary N) is 1. The normalized spacial score (nSPS) is 11.3. The monoisotopic (exact) mass is 401 g/mol. The number of aromatic hydroxyl groups is 1. The summed E-state index contributed by atoms with van der Waals surface area (Å²) in [6.07, 6.45) is 1.02. The maximum absolute atomic E-state index is 12.8. The highest BCUT2D eigenvalue weighted by Crippen LogP contribution is 2.23. The molecule has 0 unspecified atom stereocenters. The van der Waals surface area contributed by atoms with Crippen LogP contribution in [-0.2, 0) is 23.2 Å². The van der Waals surface area contributed by atoms with Crippen molar-refractivity contribution < 1.29 is 19.8 Å². The molecule has 0 aliphatic rings. The number of aromatic nitrogens is 2. The summed E-state index contributed by atoms with van der Waals surface area (Å²) >= 11 is 0. The van der Waals surface area contributed by atoms with Crippen LogP contribution in [0.2, 0.25) is 0 Å². The number of nitrogens with zero attached hydrogens (tertiary/aromatic N) is 2. The highest BCUT2D eigenvalue weighted by molar-refractivity contribution is 5.98. The van der Waals surface area contributed by atoms with Crippen molar-refractivity contribution in [3.63, 3.8) is 0 Å². The Morgan fingerprint density at radius 3 is 2.31 bits per heavy atom. The molecule has 29 heavy (non-hydrogen) atoms. The van der Waals surface area contributed by atoms with Crippen molar-refractivity contribution in [1.29, 1.82) is 0 Å². The van der Waals surface area contributed by atoms with Crippen LogP contribution < -0.4 is 10.9 Å². The van der Waals surface area contributed by atoms with Gasteiger partial charge in [0.1, 0.15) is 17.8 Å². The molecule has 1 aromatic heterocycles. The first-order valence-corrected chi connectivity index (χ1v) is 9.47. The summed E-state index contributed by atoms with van der Waals surface area (Å²) in [4.78, 5) is 35.8. The van der Waals surface area contributed by atoms with Crippen molar-refractivity contribution in [2.75, 3.05) is 6.54 Å². The molecule has 8 nitrogen and oxygen atoms in total. The third-order valence-corrected chi connectivity index (χ3v) is 4.47. The average Bonchev–Trinajstić information content (AvgIpc) is 2.64. The number of amides is 1. The molecule has 3 N–H and O–H groups in total. The van der Waals surface area contributed by atoms with E-state index < -0.39 is 35.3 Å². The summed E-state index contributed by atoms with van der Waals surface area (Å²) in [6.45, 7) is 7.66. The van der Waals surface area contributed by atoms with Gasteiger partial charge in [-0.3, -0.25) is 14.4 Å². The SMILES string of the molecule is CCCc1nn(Cc2ccc(C(C)(C)C)cc2)c(=O)c(C(=O)NCC(=O)O)c1O. The highest BCUT2D eigenvalue weighted by atomic mass is 16.4. The van der Waals surface area contributed by atoms with Gasteiger partial charge in [0.05, 0.1) is 6.54 Å². The van der Waals surface area contributed by atoms with Crippen LogP contribution in [0.25, 0.3) is 0 Å². The first kappa shape index (κ1) is 22.1. The number of aliphatic carboxylic acids is 1. The zero-order chi connectivity index (χ0) is 21.8. The van der Waals surface area contributed by atoms with Crippen molar-refractivity contribution in [2.45, 2.75) is 52.5 Å². The van der Waals surface area contributed by atoms with E-state index in [1.807, 2.05) is 31.2 Å². The number of carboxylic acids is 1. The van der Waals surface area contributed by atoms with Crippen molar-refractivity contribution in [3.05, 3.63) is 57.0 Å². The van der Waals surface area contributed by atoms with Crippen LogP contribution in [0, 0.1) is 0 Å². The highest BCUT2D eigenvalue weighted by Gasteiger charge is 2.23. The predicted octanol–water partition coefficient (Wildman–Crippen LogP) is 2.06. The van der Waals surface area contributed by atoms with Crippen molar-refractivity contribution in [3.8, 4) is 5.75 Å². The van der Waals surface area contributed by atoms with E-state index in [-0.39, 0.29) is 17.7 Å². The molecule has 156 valence electrons. The molecule has 1 aromatic carbocycles. The van der Waals surface area contributed by atoms with Crippen LogP contribution in [0.15, 0.2) is 29.1 Å². The van der Waals surface area contributed by atoms with Crippen molar-refractivity contribution in [2.24, 2.45) is 0 Å². The third-order valence-electron chi connectivity index (χ3n) is 4.47. The fourth-order valence-corrected chi connectivity index (χ4v) is 2.86. The molecule has 2 aromatic rings. The van der Waals surface area contributed by atoms with E-state index in [1.54, 1.807) is 0 Å². The summed E-state index contributed by atoms with van der Waals surface area (Å²) in [5.74, 6) is -2.69. The van der Waals surface area contributed by atoms with Crippen LogP contribution in [-0.4, -0.2) is 38.4 Å². The van der Waals surface area contributed by atoms with Gasteiger partial charge in [0.15, 0.2) is 5.75 Å². The van der Waals surface area contributed by atoms with Crippen LogP contribution >= 0.6 is 0 Å².